The first-order chi connectivity index (χ1) is 4.31. The van der Waals surface area contributed by atoms with Gasteiger partial charge in [0, 0.05) is 13.1 Å². The second-order valence-electron chi connectivity index (χ2n) is 1.52. The lowest BCUT2D eigenvalue weighted by Crippen LogP contribution is -2.48. The quantitative estimate of drug-likeness (QED) is 0.144. The van der Waals surface area contributed by atoms with Crippen molar-refractivity contribution in [2.75, 3.05) is 13.1 Å². The minimum absolute atomic E-state index is 0.512. The number of rotatable bonds is 5. The minimum atomic E-state index is -0.642. The van der Waals surface area contributed by atoms with E-state index in [9.17, 15) is 4.79 Å². The molecule has 1 unspecified atom stereocenters. The number of aldehydes is 1. The Balaban J connectivity index is 2.96. The second-order valence-corrected chi connectivity index (χ2v) is 1.52. The maximum Gasteiger partial charge on any atom is 0.152 e. The molecular weight excluding hydrogens is 120 g/mol. The number of nitrogens with two attached hydrogens (primary N) is 2. The lowest BCUT2D eigenvalue weighted by Gasteiger charge is -2.06. The van der Waals surface area contributed by atoms with Crippen molar-refractivity contribution in [3.8, 4) is 0 Å². The van der Waals surface area contributed by atoms with Gasteiger partial charge in [-0.1, -0.05) is 0 Å². The van der Waals surface area contributed by atoms with Gasteiger partial charge in [-0.25, -0.2) is 5.43 Å². The van der Waals surface area contributed by atoms with Crippen LogP contribution in [0.3, 0.4) is 0 Å². The molecule has 0 rings (SSSR count). The molecule has 54 valence electrons. The van der Waals surface area contributed by atoms with E-state index in [2.05, 4.69) is 10.9 Å². The summed E-state index contributed by atoms with van der Waals surface area (Å²) in [5, 5.41) is 0. The Hall–Kier alpha value is -0.490. The first-order valence-electron chi connectivity index (χ1n) is 2.70. The lowest BCUT2D eigenvalue weighted by atomic mass is 10.6. The van der Waals surface area contributed by atoms with Crippen LogP contribution in [0, 0.1) is 0 Å². The predicted octanol–water partition coefficient (Wildman–Crippen LogP) is -2.48. The van der Waals surface area contributed by atoms with Crippen LogP contribution >= 0.6 is 0 Å². The van der Waals surface area contributed by atoms with E-state index >= 15 is 0 Å². The number of carbonyl (C=O) groups is 1. The molecule has 0 heterocycles. The highest BCUT2D eigenvalue weighted by molar-refractivity contribution is 5.55. The summed E-state index contributed by atoms with van der Waals surface area (Å²) in [7, 11) is 0. The van der Waals surface area contributed by atoms with E-state index in [-0.39, 0.29) is 0 Å². The van der Waals surface area contributed by atoms with Crippen molar-refractivity contribution in [2.45, 2.75) is 6.17 Å². The van der Waals surface area contributed by atoms with E-state index < -0.39 is 6.17 Å². The fourth-order valence-corrected chi connectivity index (χ4v) is 0.296. The normalized spacial score (nSPS) is 13.1. The summed E-state index contributed by atoms with van der Waals surface area (Å²) in [6, 6.07) is 0. The fourth-order valence-electron chi connectivity index (χ4n) is 0.296. The Morgan fingerprint density at radius 2 is 2.33 bits per heavy atom. The summed E-state index contributed by atoms with van der Waals surface area (Å²) in [6.07, 6.45) is -0.0414. The molecule has 0 radical (unpaired) electrons. The van der Waals surface area contributed by atoms with E-state index in [0.29, 0.717) is 19.4 Å². The van der Waals surface area contributed by atoms with Gasteiger partial charge < -0.3 is 16.3 Å². The smallest absolute Gasteiger partial charge is 0.152 e. The highest BCUT2D eigenvalue weighted by Gasteiger charge is 1.93. The van der Waals surface area contributed by atoms with Crippen LogP contribution in [0.2, 0.25) is 0 Å². The molecule has 6 N–H and O–H groups in total. The molecule has 0 aromatic rings. The molecule has 0 spiro atoms. The van der Waals surface area contributed by atoms with Crippen molar-refractivity contribution >= 4 is 6.29 Å². The Labute approximate surface area is 53.7 Å². The summed E-state index contributed by atoms with van der Waals surface area (Å²) in [5.74, 6) is 0. The topological polar surface area (TPSA) is 93.2 Å². The van der Waals surface area contributed by atoms with E-state index in [1.807, 2.05) is 0 Å². The molecule has 0 saturated heterocycles. The van der Waals surface area contributed by atoms with E-state index in [4.69, 9.17) is 11.5 Å². The van der Waals surface area contributed by atoms with Crippen molar-refractivity contribution in [1.82, 2.24) is 10.9 Å². The first kappa shape index (κ1) is 8.51. The summed E-state index contributed by atoms with van der Waals surface area (Å²) in [5.41, 5.74) is 15.4. The zero-order valence-corrected chi connectivity index (χ0v) is 5.13. The molecule has 0 aromatic heterocycles. The molecule has 5 nitrogen and oxygen atoms in total. The lowest BCUT2D eigenvalue weighted by molar-refractivity contribution is -0.109. The van der Waals surface area contributed by atoms with Gasteiger partial charge in [-0.2, -0.15) is 0 Å². The third kappa shape index (κ3) is 5.38. The summed E-state index contributed by atoms with van der Waals surface area (Å²) in [6.45, 7) is 1.11. The maximum atomic E-state index is 9.84. The predicted molar refractivity (Wildman–Crippen MR) is 34.2 cm³/mol. The molecule has 0 aliphatic carbocycles. The van der Waals surface area contributed by atoms with Crippen molar-refractivity contribution < 1.29 is 4.79 Å². The van der Waals surface area contributed by atoms with Crippen LogP contribution in [0.15, 0.2) is 0 Å². The van der Waals surface area contributed by atoms with Crippen LogP contribution in [-0.2, 0) is 4.79 Å². The van der Waals surface area contributed by atoms with Gasteiger partial charge in [-0.15, -0.1) is 0 Å². The van der Waals surface area contributed by atoms with Gasteiger partial charge in [-0.3, -0.25) is 5.43 Å². The van der Waals surface area contributed by atoms with Crippen molar-refractivity contribution in [3.05, 3.63) is 0 Å². The molecule has 9 heavy (non-hydrogen) atoms. The SMILES string of the molecule is NCCNNC(N)C=O. The van der Waals surface area contributed by atoms with E-state index in [1.54, 1.807) is 0 Å². The Morgan fingerprint density at radius 3 is 2.78 bits per heavy atom. The van der Waals surface area contributed by atoms with E-state index in [0.717, 1.165) is 0 Å². The van der Waals surface area contributed by atoms with Gasteiger partial charge in [0.15, 0.2) is 6.29 Å². The highest BCUT2D eigenvalue weighted by Crippen LogP contribution is 1.54. The Kier molecular flexibility index (Phi) is 5.34. The van der Waals surface area contributed by atoms with Crippen molar-refractivity contribution in [2.24, 2.45) is 11.5 Å². The van der Waals surface area contributed by atoms with Crippen LogP contribution in [0.5, 0.6) is 0 Å². The third-order valence-electron chi connectivity index (χ3n) is 0.685. The second kappa shape index (κ2) is 5.64. The van der Waals surface area contributed by atoms with Crippen LogP contribution in [0.4, 0.5) is 0 Å². The Bertz CT molecular complexity index is 77.0. The highest BCUT2D eigenvalue weighted by atomic mass is 16.1. The van der Waals surface area contributed by atoms with Crippen LogP contribution in [0.1, 0.15) is 0 Å². The monoisotopic (exact) mass is 132 g/mol. The number of hydrogen-bond acceptors (Lipinski definition) is 5. The molecular formula is C4H12N4O. The minimum Gasteiger partial charge on any atom is -0.329 e. The Morgan fingerprint density at radius 1 is 1.67 bits per heavy atom. The average molecular weight is 132 g/mol. The molecule has 0 fully saturated rings. The van der Waals surface area contributed by atoms with Crippen LogP contribution in [0.25, 0.3) is 0 Å². The number of nitrogens with one attached hydrogen (secondary N) is 2. The zero-order valence-electron chi connectivity index (χ0n) is 5.13. The maximum absolute atomic E-state index is 9.84. The van der Waals surface area contributed by atoms with Crippen molar-refractivity contribution in [3.63, 3.8) is 0 Å². The molecule has 1 atom stereocenters. The number of carbonyl (C=O) groups excluding carboxylic acids is 1. The van der Waals surface area contributed by atoms with Gasteiger partial charge >= 0.3 is 0 Å². The number of hydrazine groups is 1. The molecule has 0 bridgehead atoms. The van der Waals surface area contributed by atoms with Gasteiger partial charge in [0.1, 0.15) is 6.17 Å². The summed E-state index contributed by atoms with van der Waals surface area (Å²) >= 11 is 0. The van der Waals surface area contributed by atoms with Crippen LogP contribution in [-0.4, -0.2) is 25.5 Å². The van der Waals surface area contributed by atoms with Gasteiger partial charge in [-0.05, 0) is 0 Å². The number of hydrogen-bond donors (Lipinski definition) is 4. The zero-order chi connectivity index (χ0) is 7.11. The standard InChI is InChI=1S/C4H12N4O/c5-1-2-7-8-4(6)3-9/h3-4,7-8H,1-2,5-6H2. The first-order valence-corrected chi connectivity index (χ1v) is 2.70. The summed E-state index contributed by atoms with van der Waals surface area (Å²) in [4.78, 5) is 9.84. The van der Waals surface area contributed by atoms with Crippen LogP contribution < -0.4 is 22.3 Å². The third-order valence-corrected chi connectivity index (χ3v) is 0.685. The van der Waals surface area contributed by atoms with Crippen molar-refractivity contribution in [1.29, 1.82) is 0 Å². The van der Waals surface area contributed by atoms with Gasteiger partial charge in [0.25, 0.3) is 0 Å². The molecule has 0 aromatic carbocycles. The van der Waals surface area contributed by atoms with Gasteiger partial charge in [0.2, 0.25) is 0 Å². The summed E-state index contributed by atoms with van der Waals surface area (Å²) < 4.78 is 0. The molecule has 0 aliphatic heterocycles. The molecule has 0 saturated carbocycles. The molecule has 0 aliphatic rings. The van der Waals surface area contributed by atoms with Gasteiger partial charge in [0.05, 0.1) is 0 Å². The fraction of sp³-hybridized carbons (Fsp3) is 0.750. The average Bonchev–Trinajstić information content (AvgIpc) is 1.89. The largest absolute Gasteiger partial charge is 0.329 e. The van der Waals surface area contributed by atoms with E-state index in [1.165, 1.54) is 0 Å². The molecule has 0 amide bonds. The molecule has 5 heteroatoms.